The van der Waals surface area contributed by atoms with Crippen LogP contribution in [0.25, 0.3) is 0 Å². The van der Waals surface area contributed by atoms with Gasteiger partial charge in [-0.15, -0.1) is 11.3 Å². The molecule has 18 heavy (non-hydrogen) atoms. The van der Waals surface area contributed by atoms with Gasteiger partial charge in [0, 0.05) is 23.3 Å². The Morgan fingerprint density at radius 2 is 2.33 bits per heavy atom. The predicted molar refractivity (Wildman–Crippen MR) is 72.0 cm³/mol. The van der Waals surface area contributed by atoms with Crippen LogP contribution in [0.1, 0.15) is 20.9 Å². The number of nitrogens with one attached hydrogen (secondary N) is 1. The summed E-state index contributed by atoms with van der Waals surface area (Å²) in [6, 6.07) is 5.61. The number of nitrogens with zero attached hydrogens (tertiary/aromatic N) is 1. The van der Waals surface area contributed by atoms with Crippen molar-refractivity contribution in [3.8, 4) is 0 Å². The number of hydrogen-bond acceptors (Lipinski definition) is 5. The average molecular weight is 262 g/mol. The van der Waals surface area contributed by atoms with Crippen molar-refractivity contribution in [3.05, 3.63) is 45.9 Å². The first-order valence-corrected chi connectivity index (χ1v) is 6.40. The molecule has 2 aromatic heterocycles. The van der Waals surface area contributed by atoms with Crippen molar-refractivity contribution in [2.24, 2.45) is 0 Å². The molecule has 0 aromatic carbocycles. The van der Waals surface area contributed by atoms with Crippen molar-refractivity contribution in [3.63, 3.8) is 0 Å². The summed E-state index contributed by atoms with van der Waals surface area (Å²) in [7, 11) is 1.35. The van der Waals surface area contributed by atoms with Crippen LogP contribution in [-0.2, 0) is 11.3 Å². The second-order valence-electron chi connectivity index (χ2n) is 3.80. The summed E-state index contributed by atoms with van der Waals surface area (Å²) in [6.45, 7) is 2.83. The van der Waals surface area contributed by atoms with Crippen molar-refractivity contribution < 1.29 is 9.53 Å². The van der Waals surface area contributed by atoms with Crippen molar-refractivity contribution in [2.45, 2.75) is 13.5 Å². The Labute approximate surface area is 110 Å². The van der Waals surface area contributed by atoms with Gasteiger partial charge >= 0.3 is 5.97 Å². The van der Waals surface area contributed by atoms with Crippen LogP contribution in [0.15, 0.2) is 29.8 Å². The fourth-order valence-corrected chi connectivity index (χ4v) is 2.37. The van der Waals surface area contributed by atoms with Gasteiger partial charge in [0.25, 0.3) is 0 Å². The number of carbonyl (C=O) groups excluding carboxylic acids is 1. The van der Waals surface area contributed by atoms with Crippen molar-refractivity contribution in [2.75, 3.05) is 12.4 Å². The molecule has 0 saturated carbocycles. The predicted octanol–water partition coefficient (Wildman–Crippen LogP) is 2.85. The molecule has 0 atom stereocenters. The fraction of sp³-hybridized carbons (Fsp3) is 0.231. The number of ether oxygens (including phenoxy) is 1. The average Bonchev–Trinajstić information content (AvgIpc) is 2.81. The van der Waals surface area contributed by atoms with E-state index in [0.29, 0.717) is 5.69 Å². The molecule has 0 amide bonds. The van der Waals surface area contributed by atoms with Gasteiger partial charge in [0.2, 0.25) is 0 Å². The highest BCUT2D eigenvalue weighted by Gasteiger charge is 2.07. The van der Waals surface area contributed by atoms with E-state index < -0.39 is 5.97 Å². The number of esters is 1. The molecule has 0 aliphatic carbocycles. The lowest BCUT2D eigenvalue weighted by atomic mass is 10.2. The highest BCUT2D eigenvalue weighted by molar-refractivity contribution is 7.10. The minimum atomic E-state index is -0.425. The molecule has 0 aliphatic heterocycles. The molecule has 5 heteroatoms. The molecule has 0 spiro atoms. The third kappa shape index (κ3) is 2.87. The largest absolute Gasteiger partial charge is 0.464 e. The molecule has 0 aliphatic rings. The number of methoxy groups -OCH3 is 1. The molecule has 4 nitrogen and oxygen atoms in total. The topological polar surface area (TPSA) is 51.2 Å². The molecule has 94 valence electrons. The lowest BCUT2D eigenvalue weighted by Gasteiger charge is -2.06. The quantitative estimate of drug-likeness (QED) is 0.861. The van der Waals surface area contributed by atoms with Gasteiger partial charge in [0.15, 0.2) is 0 Å². The van der Waals surface area contributed by atoms with Crippen LogP contribution in [-0.4, -0.2) is 18.1 Å². The number of pyridine rings is 1. The van der Waals surface area contributed by atoms with Crippen LogP contribution >= 0.6 is 11.3 Å². The Balaban J connectivity index is 2.06. The third-order valence-corrected chi connectivity index (χ3v) is 3.60. The zero-order valence-corrected chi connectivity index (χ0v) is 11.1. The summed E-state index contributed by atoms with van der Waals surface area (Å²) >= 11 is 1.71. The molecule has 0 bridgehead atoms. The van der Waals surface area contributed by atoms with E-state index in [1.165, 1.54) is 17.6 Å². The van der Waals surface area contributed by atoms with Crippen molar-refractivity contribution >= 4 is 23.0 Å². The molecule has 0 fully saturated rings. The first-order valence-electron chi connectivity index (χ1n) is 5.52. The number of rotatable bonds is 4. The van der Waals surface area contributed by atoms with E-state index in [2.05, 4.69) is 33.4 Å². The van der Waals surface area contributed by atoms with E-state index in [9.17, 15) is 4.79 Å². The molecule has 0 saturated heterocycles. The summed E-state index contributed by atoms with van der Waals surface area (Å²) in [4.78, 5) is 16.6. The van der Waals surface area contributed by atoms with Crippen molar-refractivity contribution in [1.29, 1.82) is 0 Å². The van der Waals surface area contributed by atoms with Crippen LogP contribution in [0.5, 0.6) is 0 Å². The third-order valence-electron chi connectivity index (χ3n) is 2.58. The van der Waals surface area contributed by atoms with E-state index in [4.69, 9.17) is 0 Å². The minimum Gasteiger partial charge on any atom is -0.464 e. The zero-order valence-electron chi connectivity index (χ0n) is 10.3. The van der Waals surface area contributed by atoms with E-state index >= 15 is 0 Å². The molecular formula is C13H14N2O2S. The van der Waals surface area contributed by atoms with Crippen LogP contribution in [0.2, 0.25) is 0 Å². The first kappa shape index (κ1) is 12.6. The van der Waals surface area contributed by atoms with Gasteiger partial charge in [-0.2, -0.15) is 0 Å². The number of hydrogen-bond donors (Lipinski definition) is 1. The molecule has 0 unspecified atom stereocenters. The summed E-state index contributed by atoms with van der Waals surface area (Å²) in [5.41, 5.74) is 2.44. The number of thiophene rings is 1. The fourth-order valence-electron chi connectivity index (χ4n) is 1.52. The highest BCUT2D eigenvalue weighted by atomic mass is 32.1. The van der Waals surface area contributed by atoms with Crippen LogP contribution in [0.3, 0.4) is 0 Å². The lowest BCUT2D eigenvalue weighted by Crippen LogP contribution is -2.06. The smallest absolute Gasteiger partial charge is 0.356 e. The maximum Gasteiger partial charge on any atom is 0.356 e. The monoisotopic (exact) mass is 262 g/mol. The van der Waals surface area contributed by atoms with Gasteiger partial charge in [-0.25, -0.2) is 9.78 Å². The molecule has 2 heterocycles. The van der Waals surface area contributed by atoms with Crippen LogP contribution < -0.4 is 5.32 Å². The summed E-state index contributed by atoms with van der Waals surface area (Å²) in [5.74, 6) is -0.425. The van der Waals surface area contributed by atoms with Crippen LogP contribution in [0.4, 0.5) is 5.69 Å². The molecular weight excluding hydrogens is 248 g/mol. The maximum atomic E-state index is 11.3. The minimum absolute atomic E-state index is 0.311. The standard InChI is InChI=1S/C13H14N2O2S/c1-9-4-6-18-12(9)8-15-10-3-5-14-11(7-10)13(16)17-2/h3-7H,8H2,1-2H3,(H,14,15). The van der Waals surface area contributed by atoms with E-state index in [1.54, 1.807) is 23.6 Å². The summed E-state index contributed by atoms with van der Waals surface area (Å²) in [6.07, 6.45) is 1.59. The zero-order chi connectivity index (χ0) is 13.0. The highest BCUT2D eigenvalue weighted by Crippen LogP contribution is 2.17. The Kier molecular flexibility index (Phi) is 3.94. The Morgan fingerprint density at radius 1 is 1.50 bits per heavy atom. The molecule has 2 aromatic rings. The summed E-state index contributed by atoms with van der Waals surface area (Å²) in [5, 5.41) is 5.34. The number of carbonyl (C=O) groups is 1. The second-order valence-corrected chi connectivity index (χ2v) is 4.80. The van der Waals surface area contributed by atoms with Gasteiger partial charge in [-0.05, 0) is 36.1 Å². The molecule has 2 rings (SSSR count). The van der Waals surface area contributed by atoms with E-state index in [1.807, 2.05) is 6.07 Å². The van der Waals surface area contributed by atoms with Gasteiger partial charge in [0.1, 0.15) is 5.69 Å². The Bertz CT molecular complexity index is 551. The lowest BCUT2D eigenvalue weighted by molar-refractivity contribution is 0.0594. The Morgan fingerprint density at radius 3 is 3.00 bits per heavy atom. The van der Waals surface area contributed by atoms with Gasteiger partial charge in [-0.3, -0.25) is 0 Å². The van der Waals surface area contributed by atoms with Gasteiger partial charge < -0.3 is 10.1 Å². The second kappa shape index (κ2) is 5.64. The van der Waals surface area contributed by atoms with E-state index in [-0.39, 0.29) is 0 Å². The first-order chi connectivity index (χ1) is 8.70. The number of aromatic nitrogens is 1. The maximum absolute atomic E-state index is 11.3. The normalized spacial score (nSPS) is 10.1. The van der Waals surface area contributed by atoms with Crippen LogP contribution in [0, 0.1) is 6.92 Å². The number of anilines is 1. The summed E-state index contributed by atoms with van der Waals surface area (Å²) < 4.78 is 4.63. The number of aryl methyl sites for hydroxylation is 1. The SMILES string of the molecule is COC(=O)c1cc(NCc2sccc2C)ccn1. The molecule has 1 N–H and O–H groups in total. The Hall–Kier alpha value is -1.88. The molecule has 0 radical (unpaired) electrons. The van der Waals surface area contributed by atoms with Gasteiger partial charge in [0.05, 0.1) is 7.11 Å². The van der Waals surface area contributed by atoms with Crippen molar-refractivity contribution in [1.82, 2.24) is 4.98 Å². The van der Waals surface area contributed by atoms with E-state index in [0.717, 1.165) is 12.2 Å². The van der Waals surface area contributed by atoms with Gasteiger partial charge in [-0.1, -0.05) is 0 Å².